The third kappa shape index (κ3) is 6.19. The largest absolute Gasteiger partial charge is 0.490 e. The summed E-state index contributed by atoms with van der Waals surface area (Å²) in [6.45, 7) is 0. The van der Waals surface area contributed by atoms with Gasteiger partial charge in [-0.25, -0.2) is 22.8 Å². The lowest BCUT2D eigenvalue weighted by molar-refractivity contribution is 0.196. The molecule has 2 aliphatic rings. The van der Waals surface area contributed by atoms with E-state index in [9.17, 15) is 8.42 Å². The van der Waals surface area contributed by atoms with Gasteiger partial charge in [0.2, 0.25) is 0 Å². The van der Waals surface area contributed by atoms with Crippen molar-refractivity contribution in [2.24, 2.45) is 0 Å². The van der Waals surface area contributed by atoms with Crippen molar-refractivity contribution in [3.05, 3.63) is 71.4 Å². The van der Waals surface area contributed by atoms with E-state index in [4.69, 9.17) is 16.3 Å². The van der Waals surface area contributed by atoms with Crippen LogP contribution in [0.15, 0.2) is 59.9 Å². The molecule has 3 aromatic rings. The van der Waals surface area contributed by atoms with Gasteiger partial charge in [-0.05, 0) is 88.0 Å². The average molecular weight is 560 g/mol. The Balaban J connectivity index is 1.31. The molecule has 1 aromatic heterocycles. The van der Waals surface area contributed by atoms with E-state index in [1.54, 1.807) is 0 Å². The number of nitrogens with zero attached hydrogens (tertiary/aromatic N) is 3. The van der Waals surface area contributed by atoms with Crippen LogP contribution in [0.2, 0.25) is 5.02 Å². The summed E-state index contributed by atoms with van der Waals surface area (Å²) in [7, 11) is -0.166. The van der Waals surface area contributed by atoms with Gasteiger partial charge in [0.15, 0.2) is 0 Å². The summed E-state index contributed by atoms with van der Waals surface area (Å²) < 4.78 is 48.9. The minimum Gasteiger partial charge on any atom is -0.490 e. The van der Waals surface area contributed by atoms with Crippen LogP contribution in [0.5, 0.6) is 5.75 Å². The van der Waals surface area contributed by atoms with Crippen molar-refractivity contribution in [3.63, 3.8) is 0 Å². The number of halogens is 2. The molecule has 2 N–H and O–H groups in total. The number of sulfonamides is 1. The van der Waals surface area contributed by atoms with Crippen LogP contribution in [0.3, 0.4) is 0 Å². The van der Waals surface area contributed by atoms with E-state index in [1.165, 1.54) is 24.2 Å². The van der Waals surface area contributed by atoms with Crippen molar-refractivity contribution < 1.29 is 17.5 Å². The molecule has 0 saturated heterocycles. The highest BCUT2D eigenvalue weighted by Crippen LogP contribution is 2.39. The van der Waals surface area contributed by atoms with Crippen LogP contribution in [-0.4, -0.2) is 55.6 Å². The maximum atomic E-state index is 15.1. The second-order valence-electron chi connectivity index (χ2n) is 10.1. The Hall–Kier alpha value is -2.95. The van der Waals surface area contributed by atoms with E-state index < -0.39 is 20.7 Å². The van der Waals surface area contributed by atoms with Crippen LogP contribution in [0, 0.1) is 5.82 Å². The number of ether oxygens (including phenoxy) is 1. The number of hydrogen-bond acceptors (Lipinski definition) is 7. The summed E-state index contributed by atoms with van der Waals surface area (Å²) in [5.74, 6) is 0.433. The van der Waals surface area contributed by atoms with Crippen LogP contribution in [0.25, 0.3) is 0 Å². The minimum atomic E-state index is -4.23. The smallest absolute Gasteiger partial charge is 0.266 e. The first-order valence-corrected chi connectivity index (χ1v) is 14.5. The molecule has 0 spiro atoms. The SMILES string of the molecule is CN(C)[C@H]1C[C@@H](c2cccc(OC3CC3)c2)CC[C@@H]1Nc1cc(F)c(S(=O)(=O)Nc2ccncn2)cc1Cl. The molecule has 38 heavy (non-hydrogen) atoms. The molecule has 1 heterocycles. The summed E-state index contributed by atoms with van der Waals surface area (Å²) in [5, 5.41) is 3.52. The first-order chi connectivity index (χ1) is 18.2. The lowest BCUT2D eigenvalue weighted by atomic mass is 9.78. The Morgan fingerprint density at radius 1 is 1.11 bits per heavy atom. The lowest BCUT2D eigenvalue weighted by Gasteiger charge is -2.41. The Labute approximate surface area is 227 Å². The Morgan fingerprint density at radius 3 is 2.63 bits per heavy atom. The number of rotatable bonds is 9. The standard InChI is InChI=1S/C27H31ClFN5O3S/c1-34(2)25-13-18(17-4-3-5-20(12-17)37-19-7-8-19)6-9-23(25)32-24-15-22(29)26(14-21(24)28)38(35,36)33-27-10-11-30-16-31-27/h3-5,10-12,14-16,18-19,23,25,32H,6-9,13H2,1-2H3,(H,30,31,33)/t18-,23-,25-/m0/s1. The summed E-state index contributed by atoms with van der Waals surface area (Å²) in [4.78, 5) is 9.19. The normalized spacial score (nSPS) is 21.8. The lowest BCUT2D eigenvalue weighted by Crippen LogP contribution is -2.47. The molecular formula is C27H31ClFN5O3S. The predicted molar refractivity (Wildman–Crippen MR) is 146 cm³/mol. The molecule has 5 rings (SSSR count). The van der Waals surface area contributed by atoms with E-state index in [2.05, 4.69) is 43.1 Å². The number of aromatic nitrogens is 2. The number of anilines is 2. The van der Waals surface area contributed by atoms with Crippen molar-refractivity contribution >= 4 is 33.1 Å². The molecular weight excluding hydrogens is 529 g/mol. The minimum absolute atomic E-state index is 0.00523. The molecule has 8 nitrogen and oxygen atoms in total. The molecule has 0 aliphatic heterocycles. The summed E-state index contributed by atoms with van der Waals surface area (Å²) in [6, 6.07) is 12.2. The zero-order valence-electron chi connectivity index (χ0n) is 21.3. The molecule has 0 unspecified atom stereocenters. The molecule has 0 radical (unpaired) electrons. The highest BCUT2D eigenvalue weighted by atomic mass is 35.5. The first-order valence-electron chi connectivity index (χ1n) is 12.7. The third-order valence-electron chi connectivity index (χ3n) is 7.11. The third-order valence-corrected chi connectivity index (χ3v) is 8.79. The molecule has 202 valence electrons. The van der Waals surface area contributed by atoms with Gasteiger partial charge >= 0.3 is 0 Å². The fraction of sp³-hybridized carbons (Fsp3) is 0.407. The van der Waals surface area contributed by atoms with Gasteiger partial charge in [0.05, 0.1) is 16.8 Å². The number of likely N-dealkylation sites (N-methyl/N-ethyl adjacent to an activating group) is 1. The Kier molecular flexibility index (Phi) is 7.74. The maximum Gasteiger partial charge on any atom is 0.266 e. The van der Waals surface area contributed by atoms with E-state index in [0.29, 0.717) is 17.7 Å². The molecule has 0 bridgehead atoms. The number of nitrogens with one attached hydrogen (secondary N) is 2. The summed E-state index contributed by atoms with van der Waals surface area (Å²) in [6.07, 6.45) is 7.88. The second kappa shape index (κ2) is 11.0. The van der Waals surface area contributed by atoms with Gasteiger partial charge < -0.3 is 15.0 Å². The van der Waals surface area contributed by atoms with E-state index in [-0.39, 0.29) is 22.9 Å². The fourth-order valence-electron chi connectivity index (χ4n) is 5.00. The summed E-state index contributed by atoms with van der Waals surface area (Å²) in [5.41, 5.74) is 1.63. The fourth-order valence-corrected chi connectivity index (χ4v) is 6.37. The van der Waals surface area contributed by atoms with Crippen molar-refractivity contribution in [1.82, 2.24) is 14.9 Å². The van der Waals surface area contributed by atoms with Crippen LogP contribution >= 0.6 is 11.6 Å². The average Bonchev–Trinajstić information content (AvgIpc) is 3.70. The Morgan fingerprint density at radius 2 is 1.92 bits per heavy atom. The zero-order chi connectivity index (χ0) is 26.9. The monoisotopic (exact) mass is 559 g/mol. The molecule has 3 atom stereocenters. The predicted octanol–water partition coefficient (Wildman–Crippen LogP) is 5.29. The van der Waals surface area contributed by atoms with E-state index >= 15 is 4.39 Å². The number of benzene rings is 2. The van der Waals surface area contributed by atoms with Crippen molar-refractivity contribution in [3.8, 4) is 5.75 Å². The van der Waals surface area contributed by atoms with Crippen molar-refractivity contribution in [2.75, 3.05) is 24.1 Å². The quantitative estimate of drug-likeness (QED) is 0.368. The highest BCUT2D eigenvalue weighted by Gasteiger charge is 2.34. The first kappa shape index (κ1) is 26.6. The van der Waals surface area contributed by atoms with Crippen LogP contribution < -0.4 is 14.8 Å². The second-order valence-corrected chi connectivity index (χ2v) is 12.2. The molecule has 2 saturated carbocycles. The van der Waals surface area contributed by atoms with Gasteiger partial charge in [0, 0.05) is 18.3 Å². The van der Waals surface area contributed by atoms with Crippen molar-refractivity contribution in [2.45, 2.75) is 61.1 Å². The van der Waals surface area contributed by atoms with Gasteiger partial charge in [-0.2, -0.15) is 0 Å². The highest BCUT2D eigenvalue weighted by molar-refractivity contribution is 7.92. The van der Waals surface area contributed by atoms with Gasteiger partial charge in [0.1, 0.15) is 28.6 Å². The molecule has 0 amide bonds. The molecule has 2 aromatic carbocycles. The van der Waals surface area contributed by atoms with Gasteiger partial charge in [-0.3, -0.25) is 4.72 Å². The summed E-state index contributed by atoms with van der Waals surface area (Å²) >= 11 is 6.47. The number of hydrogen-bond donors (Lipinski definition) is 2. The molecule has 2 aliphatic carbocycles. The maximum absolute atomic E-state index is 15.1. The molecule has 11 heteroatoms. The zero-order valence-corrected chi connectivity index (χ0v) is 22.8. The van der Waals surface area contributed by atoms with Crippen LogP contribution in [0.1, 0.15) is 43.6 Å². The Bertz CT molecular complexity index is 1390. The van der Waals surface area contributed by atoms with E-state index in [0.717, 1.165) is 50.0 Å². The molecule has 2 fully saturated rings. The van der Waals surface area contributed by atoms with Crippen LogP contribution in [0.4, 0.5) is 15.9 Å². The van der Waals surface area contributed by atoms with E-state index in [1.807, 2.05) is 20.2 Å². The van der Waals surface area contributed by atoms with Crippen LogP contribution in [-0.2, 0) is 10.0 Å². The topological polar surface area (TPSA) is 96.5 Å². The van der Waals surface area contributed by atoms with Gasteiger partial charge in [0.25, 0.3) is 10.0 Å². The van der Waals surface area contributed by atoms with Crippen molar-refractivity contribution in [1.29, 1.82) is 0 Å². The van der Waals surface area contributed by atoms with Gasteiger partial charge in [-0.1, -0.05) is 23.7 Å². The van der Waals surface area contributed by atoms with Gasteiger partial charge in [-0.15, -0.1) is 0 Å².